The lowest BCUT2D eigenvalue weighted by atomic mass is 9.89. The Labute approximate surface area is 125 Å². The number of hydrogen-bond donors (Lipinski definition) is 1. The monoisotopic (exact) mass is 285 g/mol. The van der Waals surface area contributed by atoms with Crippen LogP contribution in [0.5, 0.6) is 0 Å². The fraction of sp³-hybridized carbons (Fsp3) is 0.562. The quantitative estimate of drug-likeness (QED) is 0.874. The second-order valence-corrected chi connectivity index (χ2v) is 6.91. The van der Waals surface area contributed by atoms with Crippen molar-refractivity contribution >= 4 is 0 Å². The molecule has 2 aromatic rings. The third-order valence-corrected chi connectivity index (χ3v) is 4.01. The third kappa shape index (κ3) is 2.58. The standard InChI is InChI=1S/C16H23N5/c1-16(2,3)14-11(9-21(4)20-14)15-18-8-10-12(17)6-5-7-13(10)19-15/h8-9,12H,5-7,17H2,1-4H3. The Morgan fingerprint density at radius 2 is 2.10 bits per heavy atom. The molecule has 1 aliphatic carbocycles. The highest BCUT2D eigenvalue weighted by Crippen LogP contribution is 2.32. The second-order valence-electron chi connectivity index (χ2n) is 6.91. The molecule has 5 heteroatoms. The minimum absolute atomic E-state index is 0.0355. The van der Waals surface area contributed by atoms with Crippen LogP contribution in [0.15, 0.2) is 12.4 Å². The number of rotatable bonds is 1. The molecule has 1 atom stereocenters. The predicted molar refractivity (Wildman–Crippen MR) is 82.8 cm³/mol. The van der Waals surface area contributed by atoms with Gasteiger partial charge in [0.1, 0.15) is 0 Å². The molecule has 112 valence electrons. The van der Waals surface area contributed by atoms with Crippen LogP contribution in [0.3, 0.4) is 0 Å². The van der Waals surface area contributed by atoms with Crippen LogP contribution in [-0.2, 0) is 18.9 Å². The molecule has 0 amide bonds. The molecule has 0 spiro atoms. The van der Waals surface area contributed by atoms with Crippen molar-refractivity contribution in [3.8, 4) is 11.4 Å². The van der Waals surface area contributed by atoms with Gasteiger partial charge in [0, 0.05) is 42.2 Å². The second kappa shape index (κ2) is 4.91. The Bertz CT molecular complexity index is 666. The number of nitrogens with two attached hydrogens (primary N) is 1. The van der Waals surface area contributed by atoms with E-state index in [1.54, 1.807) is 0 Å². The van der Waals surface area contributed by atoms with Crippen LogP contribution in [-0.4, -0.2) is 19.7 Å². The number of nitrogens with zero attached hydrogens (tertiary/aromatic N) is 4. The first-order valence-electron chi connectivity index (χ1n) is 7.52. The highest BCUT2D eigenvalue weighted by atomic mass is 15.3. The molecule has 2 N–H and O–H groups in total. The molecule has 0 aromatic carbocycles. The normalized spacial score (nSPS) is 18.6. The van der Waals surface area contributed by atoms with Crippen molar-refractivity contribution in [2.24, 2.45) is 12.8 Å². The van der Waals surface area contributed by atoms with Gasteiger partial charge in [-0.2, -0.15) is 5.10 Å². The van der Waals surface area contributed by atoms with E-state index < -0.39 is 0 Å². The highest BCUT2D eigenvalue weighted by molar-refractivity contribution is 5.59. The summed E-state index contributed by atoms with van der Waals surface area (Å²) in [6, 6.07) is 0.0822. The zero-order valence-corrected chi connectivity index (χ0v) is 13.2. The van der Waals surface area contributed by atoms with Crippen LogP contribution in [0.1, 0.15) is 56.6 Å². The van der Waals surface area contributed by atoms with Crippen molar-refractivity contribution in [3.63, 3.8) is 0 Å². The molecule has 0 radical (unpaired) electrons. The summed E-state index contributed by atoms with van der Waals surface area (Å²) in [7, 11) is 1.94. The van der Waals surface area contributed by atoms with E-state index in [0.717, 1.165) is 47.6 Å². The average Bonchev–Trinajstić information content (AvgIpc) is 2.81. The summed E-state index contributed by atoms with van der Waals surface area (Å²) < 4.78 is 1.84. The summed E-state index contributed by atoms with van der Waals surface area (Å²) in [4.78, 5) is 9.33. The smallest absolute Gasteiger partial charge is 0.162 e. The van der Waals surface area contributed by atoms with Gasteiger partial charge in [-0.05, 0) is 19.3 Å². The van der Waals surface area contributed by atoms with Crippen LogP contribution in [0.2, 0.25) is 0 Å². The maximum atomic E-state index is 6.14. The van der Waals surface area contributed by atoms with E-state index in [1.807, 2.05) is 24.1 Å². The van der Waals surface area contributed by atoms with Gasteiger partial charge in [-0.3, -0.25) is 4.68 Å². The molecule has 0 saturated heterocycles. The topological polar surface area (TPSA) is 69.6 Å². The first-order valence-corrected chi connectivity index (χ1v) is 7.52. The van der Waals surface area contributed by atoms with Gasteiger partial charge in [-0.1, -0.05) is 20.8 Å². The molecule has 3 rings (SSSR count). The average molecular weight is 285 g/mol. The number of aromatic nitrogens is 4. The molecular formula is C16H23N5. The first kappa shape index (κ1) is 14.2. The summed E-state index contributed by atoms with van der Waals surface area (Å²) in [6.45, 7) is 6.48. The fourth-order valence-electron chi connectivity index (χ4n) is 2.92. The minimum Gasteiger partial charge on any atom is -0.324 e. The molecule has 21 heavy (non-hydrogen) atoms. The van der Waals surface area contributed by atoms with Crippen LogP contribution in [0, 0.1) is 0 Å². The first-order chi connectivity index (χ1) is 9.86. The van der Waals surface area contributed by atoms with E-state index in [9.17, 15) is 0 Å². The molecule has 1 aliphatic rings. The maximum Gasteiger partial charge on any atom is 0.162 e. The summed E-state index contributed by atoms with van der Waals surface area (Å²) in [5, 5.41) is 4.60. The van der Waals surface area contributed by atoms with Gasteiger partial charge in [-0.25, -0.2) is 9.97 Å². The lowest BCUT2D eigenvalue weighted by Gasteiger charge is -2.21. The van der Waals surface area contributed by atoms with E-state index >= 15 is 0 Å². The van der Waals surface area contributed by atoms with Gasteiger partial charge in [-0.15, -0.1) is 0 Å². The Hall–Kier alpha value is -1.75. The van der Waals surface area contributed by atoms with Crippen LogP contribution < -0.4 is 5.73 Å². The van der Waals surface area contributed by atoms with Gasteiger partial charge >= 0.3 is 0 Å². The molecule has 2 heterocycles. The molecule has 0 saturated carbocycles. The Kier molecular flexibility index (Phi) is 3.32. The van der Waals surface area contributed by atoms with Crippen molar-refractivity contribution in [1.82, 2.24) is 19.7 Å². The van der Waals surface area contributed by atoms with Crippen molar-refractivity contribution in [1.29, 1.82) is 0 Å². The number of aryl methyl sites for hydroxylation is 2. The summed E-state index contributed by atoms with van der Waals surface area (Å²) in [5.41, 5.74) is 10.4. The van der Waals surface area contributed by atoms with E-state index in [0.29, 0.717) is 0 Å². The van der Waals surface area contributed by atoms with Gasteiger partial charge in [0.25, 0.3) is 0 Å². The number of fused-ring (bicyclic) bond motifs is 1. The van der Waals surface area contributed by atoms with Crippen LogP contribution >= 0.6 is 0 Å². The fourth-order valence-corrected chi connectivity index (χ4v) is 2.92. The van der Waals surface area contributed by atoms with Crippen molar-refractivity contribution in [2.75, 3.05) is 0 Å². The van der Waals surface area contributed by atoms with Crippen molar-refractivity contribution in [2.45, 2.75) is 51.5 Å². The van der Waals surface area contributed by atoms with E-state index in [1.165, 1.54) is 0 Å². The molecule has 0 bridgehead atoms. The SMILES string of the molecule is Cn1cc(-c2ncc3c(n2)CCCC3N)c(C(C)(C)C)n1. The third-order valence-electron chi connectivity index (χ3n) is 4.01. The van der Waals surface area contributed by atoms with Gasteiger partial charge in [0.05, 0.1) is 11.3 Å². The Morgan fingerprint density at radius 1 is 1.33 bits per heavy atom. The number of hydrogen-bond acceptors (Lipinski definition) is 4. The van der Waals surface area contributed by atoms with E-state index in [4.69, 9.17) is 10.7 Å². The molecule has 5 nitrogen and oxygen atoms in total. The van der Waals surface area contributed by atoms with Gasteiger partial charge < -0.3 is 5.73 Å². The zero-order chi connectivity index (χ0) is 15.2. The van der Waals surface area contributed by atoms with Crippen LogP contribution in [0.4, 0.5) is 0 Å². The van der Waals surface area contributed by atoms with E-state index in [-0.39, 0.29) is 11.5 Å². The summed E-state index contributed by atoms with van der Waals surface area (Å²) in [6.07, 6.45) is 7.02. The lowest BCUT2D eigenvalue weighted by Crippen LogP contribution is -2.19. The maximum absolute atomic E-state index is 6.14. The van der Waals surface area contributed by atoms with Gasteiger partial charge in [0.2, 0.25) is 0 Å². The largest absolute Gasteiger partial charge is 0.324 e. The van der Waals surface area contributed by atoms with E-state index in [2.05, 4.69) is 30.9 Å². The molecule has 1 unspecified atom stereocenters. The molecule has 0 fully saturated rings. The van der Waals surface area contributed by atoms with Crippen molar-refractivity contribution in [3.05, 3.63) is 29.3 Å². The predicted octanol–water partition coefficient (Wildman–Crippen LogP) is 2.51. The lowest BCUT2D eigenvalue weighted by molar-refractivity contribution is 0.551. The Morgan fingerprint density at radius 3 is 2.81 bits per heavy atom. The van der Waals surface area contributed by atoms with Crippen LogP contribution in [0.25, 0.3) is 11.4 Å². The Balaban J connectivity index is 2.10. The van der Waals surface area contributed by atoms with Gasteiger partial charge in [0.15, 0.2) is 5.82 Å². The summed E-state index contributed by atoms with van der Waals surface area (Å²) in [5.74, 6) is 0.765. The molecule has 0 aliphatic heterocycles. The zero-order valence-electron chi connectivity index (χ0n) is 13.2. The molecule has 2 aromatic heterocycles. The minimum atomic E-state index is -0.0355. The highest BCUT2D eigenvalue weighted by Gasteiger charge is 2.25. The van der Waals surface area contributed by atoms with Crippen molar-refractivity contribution < 1.29 is 0 Å². The summed E-state index contributed by atoms with van der Waals surface area (Å²) >= 11 is 0. The molecular weight excluding hydrogens is 262 g/mol.